The van der Waals surface area contributed by atoms with Crippen molar-refractivity contribution < 1.29 is 22.6 Å². The highest BCUT2D eigenvalue weighted by Crippen LogP contribution is 2.36. The van der Waals surface area contributed by atoms with E-state index < -0.39 is 10.0 Å². The van der Waals surface area contributed by atoms with Gasteiger partial charge < -0.3 is 14.2 Å². The number of epoxide rings is 1. The Labute approximate surface area is 183 Å². The summed E-state index contributed by atoms with van der Waals surface area (Å²) in [5.74, 6) is 1.04. The Morgan fingerprint density at radius 2 is 1.58 bits per heavy atom. The number of sulfonamides is 1. The van der Waals surface area contributed by atoms with E-state index in [0.29, 0.717) is 37.0 Å². The predicted molar refractivity (Wildman–Crippen MR) is 120 cm³/mol. The fourth-order valence-corrected chi connectivity index (χ4v) is 4.01. The number of anilines is 1. The fourth-order valence-electron chi connectivity index (χ4n) is 3.12. The number of benzene rings is 3. The van der Waals surface area contributed by atoms with Crippen molar-refractivity contribution >= 4 is 15.7 Å². The minimum atomic E-state index is -3.58. The van der Waals surface area contributed by atoms with E-state index in [1.54, 1.807) is 18.2 Å². The zero-order valence-corrected chi connectivity index (χ0v) is 18.1. The number of rotatable bonds is 10. The lowest BCUT2D eigenvalue weighted by molar-refractivity contribution is 0.262. The highest BCUT2D eigenvalue weighted by molar-refractivity contribution is 7.92. The van der Waals surface area contributed by atoms with Gasteiger partial charge in [0.1, 0.15) is 30.8 Å². The average molecular weight is 440 g/mol. The largest absolute Gasteiger partial charge is 0.491 e. The third-order valence-electron chi connectivity index (χ3n) is 4.84. The Bertz CT molecular complexity index is 1100. The summed E-state index contributed by atoms with van der Waals surface area (Å²) in [5.41, 5.74) is 2.31. The van der Waals surface area contributed by atoms with Crippen LogP contribution in [0.1, 0.15) is 11.1 Å². The van der Waals surface area contributed by atoms with Gasteiger partial charge >= 0.3 is 0 Å². The van der Waals surface area contributed by atoms with Crippen molar-refractivity contribution in [1.82, 2.24) is 0 Å². The second-order valence-electron chi connectivity index (χ2n) is 7.43. The van der Waals surface area contributed by atoms with E-state index in [4.69, 9.17) is 14.2 Å². The molecule has 0 aliphatic carbocycles. The molecule has 0 radical (unpaired) electrons. The van der Waals surface area contributed by atoms with E-state index in [2.05, 4.69) is 0 Å². The first-order chi connectivity index (χ1) is 15.0. The van der Waals surface area contributed by atoms with Crippen LogP contribution >= 0.6 is 0 Å². The molecule has 0 amide bonds. The molecule has 0 aromatic heterocycles. The molecule has 3 aromatic rings. The summed E-state index contributed by atoms with van der Waals surface area (Å²) in [5, 5.41) is 0. The molecule has 1 unspecified atom stereocenters. The number of hydrogen-bond acceptors (Lipinski definition) is 5. The van der Waals surface area contributed by atoms with Crippen LogP contribution in [0.5, 0.6) is 11.5 Å². The fraction of sp³-hybridized carbons (Fsp3) is 0.250. The molecule has 1 heterocycles. The molecule has 0 N–H and O–H groups in total. The SMILES string of the molecule is CS(=O)(=O)N(Cc1ccccc1)c1cc(OCC2CO2)ccc1OCc1ccccc1. The summed E-state index contributed by atoms with van der Waals surface area (Å²) >= 11 is 0. The third kappa shape index (κ3) is 5.99. The second kappa shape index (κ2) is 9.41. The Kier molecular flexibility index (Phi) is 6.44. The molecular weight excluding hydrogens is 414 g/mol. The van der Waals surface area contributed by atoms with Crippen molar-refractivity contribution in [3.8, 4) is 11.5 Å². The van der Waals surface area contributed by atoms with Gasteiger partial charge in [-0.2, -0.15) is 0 Å². The second-order valence-corrected chi connectivity index (χ2v) is 9.33. The first kappa shape index (κ1) is 21.2. The lowest BCUT2D eigenvalue weighted by Crippen LogP contribution is -2.29. The Morgan fingerprint density at radius 3 is 2.19 bits per heavy atom. The molecule has 1 aliphatic heterocycles. The summed E-state index contributed by atoms with van der Waals surface area (Å²) in [7, 11) is -3.58. The van der Waals surface area contributed by atoms with E-state index in [1.165, 1.54) is 10.6 Å². The van der Waals surface area contributed by atoms with Crippen molar-refractivity contribution in [3.63, 3.8) is 0 Å². The molecule has 0 spiro atoms. The van der Waals surface area contributed by atoms with Crippen LogP contribution in [0.2, 0.25) is 0 Å². The van der Waals surface area contributed by atoms with E-state index in [-0.39, 0.29) is 12.6 Å². The molecule has 0 saturated carbocycles. The summed E-state index contributed by atoms with van der Waals surface area (Å²) in [6.45, 7) is 1.64. The normalized spacial score (nSPS) is 15.3. The van der Waals surface area contributed by atoms with Gasteiger partial charge in [0, 0.05) is 6.07 Å². The van der Waals surface area contributed by atoms with Crippen LogP contribution in [-0.4, -0.2) is 34.0 Å². The van der Waals surface area contributed by atoms with Gasteiger partial charge in [-0.1, -0.05) is 60.7 Å². The molecule has 1 fully saturated rings. The predicted octanol–water partition coefficient (Wildman–Crippen LogP) is 4.01. The first-order valence-corrected chi connectivity index (χ1v) is 11.9. The van der Waals surface area contributed by atoms with Gasteiger partial charge in [-0.15, -0.1) is 0 Å². The third-order valence-corrected chi connectivity index (χ3v) is 5.97. The Hall–Kier alpha value is -3.03. The van der Waals surface area contributed by atoms with Crippen molar-refractivity contribution in [3.05, 3.63) is 90.0 Å². The molecular formula is C24H25NO5S. The Morgan fingerprint density at radius 1 is 0.935 bits per heavy atom. The molecule has 162 valence electrons. The minimum absolute atomic E-state index is 0.104. The van der Waals surface area contributed by atoms with Crippen LogP contribution in [-0.2, 0) is 27.9 Å². The lowest BCUT2D eigenvalue weighted by atomic mass is 10.2. The van der Waals surface area contributed by atoms with Crippen LogP contribution in [0.15, 0.2) is 78.9 Å². The maximum absolute atomic E-state index is 12.8. The van der Waals surface area contributed by atoms with Crippen molar-refractivity contribution in [2.24, 2.45) is 0 Å². The standard InChI is InChI=1S/C24H25NO5S/c1-31(26,27)25(15-19-8-4-2-5-9-19)23-14-21(28-17-22-18-29-22)12-13-24(23)30-16-20-10-6-3-7-11-20/h2-14,22H,15-18H2,1H3. The molecule has 1 saturated heterocycles. The van der Waals surface area contributed by atoms with Crippen LogP contribution < -0.4 is 13.8 Å². The number of hydrogen-bond donors (Lipinski definition) is 0. The highest BCUT2D eigenvalue weighted by Gasteiger charge is 2.25. The molecule has 31 heavy (non-hydrogen) atoms. The maximum atomic E-state index is 12.8. The number of ether oxygens (including phenoxy) is 3. The van der Waals surface area contributed by atoms with Gasteiger partial charge in [-0.3, -0.25) is 4.31 Å². The summed E-state index contributed by atoms with van der Waals surface area (Å²) < 4.78 is 43.9. The topological polar surface area (TPSA) is 68.4 Å². The van der Waals surface area contributed by atoms with Gasteiger partial charge in [0.25, 0.3) is 0 Å². The minimum Gasteiger partial charge on any atom is -0.491 e. The molecule has 1 atom stereocenters. The zero-order valence-electron chi connectivity index (χ0n) is 17.3. The number of nitrogens with zero attached hydrogens (tertiary/aromatic N) is 1. The van der Waals surface area contributed by atoms with E-state index in [0.717, 1.165) is 11.1 Å². The highest BCUT2D eigenvalue weighted by atomic mass is 32.2. The van der Waals surface area contributed by atoms with Crippen LogP contribution in [0.4, 0.5) is 5.69 Å². The lowest BCUT2D eigenvalue weighted by Gasteiger charge is -2.25. The monoisotopic (exact) mass is 439 g/mol. The van der Waals surface area contributed by atoms with E-state index in [1.807, 2.05) is 60.7 Å². The molecule has 4 rings (SSSR count). The quantitative estimate of drug-likeness (QED) is 0.447. The van der Waals surface area contributed by atoms with Crippen molar-refractivity contribution in [2.45, 2.75) is 19.3 Å². The molecule has 7 heteroatoms. The van der Waals surface area contributed by atoms with Crippen molar-refractivity contribution in [2.75, 3.05) is 23.8 Å². The summed E-state index contributed by atoms with van der Waals surface area (Å²) in [4.78, 5) is 0. The van der Waals surface area contributed by atoms with Gasteiger partial charge in [0.15, 0.2) is 0 Å². The van der Waals surface area contributed by atoms with Crippen LogP contribution in [0.3, 0.4) is 0 Å². The maximum Gasteiger partial charge on any atom is 0.232 e. The summed E-state index contributed by atoms with van der Waals surface area (Å²) in [6.07, 6.45) is 1.30. The van der Waals surface area contributed by atoms with E-state index in [9.17, 15) is 8.42 Å². The van der Waals surface area contributed by atoms with Crippen molar-refractivity contribution in [1.29, 1.82) is 0 Å². The summed E-state index contributed by atoms with van der Waals surface area (Å²) in [6, 6.07) is 24.5. The molecule has 6 nitrogen and oxygen atoms in total. The van der Waals surface area contributed by atoms with Gasteiger partial charge in [-0.25, -0.2) is 8.42 Å². The van der Waals surface area contributed by atoms with Gasteiger partial charge in [0.2, 0.25) is 10.0 Å². The Balaban J connectivity index is 1.65. The first-order valence-electron chi connectivity index (χ1n) is 10.1. The molecule has 0 bridgehead atoms. The van der Waals surface area contributed by atoms with Gasteiger partial charge in [-0.05, 0) is 23.3 Å². The van der Waals surface area contributed by atoms with Crippen LogP contribution in [0.25, 0.3) is 0 Å². The molecule has 1 aliphatic rings. The average Bonchev–Trinajstić information content (AvgIpc) is 3.60. The van der Waals surface area contributed by atoms with E-state index >= 15 is 0 Å². The molecule has 3 aromatic carbocycles. The zero-order chi connectivity index (χ0) is 21.7. The van der Waals surface area contributed by atoms with Gasteiger partial charge in [0.05, 0.1) is 25.1 Å². The van der Waals surface area contributed by atoms with Crippen LogP contribution in [0, 0.1) is 0 Å². The smallest absolute Gasteiger partial charge is 0.232 e.